The third kappa shape index (κ3) is 3.60. The number of carbonyl (C=O) groups is 1. The topological polar surface area (TPSA) is 29.1 Å². The first kappa shape index (κ1) is 12.0. The molecule has 1 amide bonds. The van der Waals surface area contributed by atoms with Gasteiger partial charge < -0.3 is 5.32 Å². The molecule has 2 atom stereocenters. The second-order valence-electron chi connectivity index (χ2n) is 4.91. The van der Waals surface area contributed by atoms with Crippen LogP contribution >= 0.6 is 15.9 Å². The lowest BCUT2D eigenvalue weighted by atomic mass is 9.87. The minimum absolute atomic E-state index is 0.108. The predicted molar refractivity (Wildman–Crippen MR) is 62.6 cm³/mol. The van der Waals surface area contributed by atoms with Gasteiger partial charge >= 0.3 is 0 Å². The number of hydrogen-bond acceptors (Lipinski definition) is 1. The Kier molecular flexibility index (Phi) is 3.99. The van der Waals surface area contributed by atoms with Crippen molar-refractivity contribution in [3.8, 4) is 0 Å². The molecule has 0 aromatic heterocycles. The lowest BCUT2D eigenvalue weighted by Gasteiger charge is -2.29. The molecule has 0 spiro atoms. The Balaban J connectivity index is 2.40. The molecule has 1 aliphatic carbocycles. The molecule has 2 nitrogen and oxygen atoms in total. The molecule has 1 fully saturated rings. The average Bonchev–Trinajstić information content (AvgIpc) is 2.02. The normalized spacial score (nSPS) is 28.6. The highest BCUT2D eigenvalue weighted by molar-refractivity contribution is 9.10. The van der Waals surface area contributed by atoms with Gasteiger partial charge in [-0.15, -0.1) is 0 Å². The number of hydrogen-bond donors (Lipinski definition) is 1. The molecule has 1 rings (SSSR count). The number of nitrogens with one attached hydrogen (secondary N) is 1. The van der Waals surface area contributed by atoms with Gasteiger partial charge in [0.1, 0.15) is 0 Å². The van der Waals surface area contributed by atoms with Crippen molar-refractivity contribution < 1.29 is 4.79 Å². The zero-order valence-corrected chi connectivity index (χ0v) is 10.9. The molecule has 0 radical (unpaired) electrons. The van der Waals surface area contributed by atoms with Crippen LogP contribution in [-0.2, 0) is 4.79 Å². The molecule has 0 saturated heterocycles. The van der Waals surface area contributed by atoms with Gasteiger partial charge in [0.25, 0.3) is 0 Å². The Morgan fingerprint density at radius 2 is 2.07 bits per heavy atom. The summed E-state index contributed by atoms with van der Waals surface area (Å²) in [6.45, 7) is 6.03. The van der Waals surface area contributed by atoms with E-state index >= 15 is 0 Å². The standard InChI is InChI=1S/C11H20BrNO/c1-8-5-4-6-9(7-8)13-10(14)11(2,3)12/h8-9H,4-7H2,1-3H3,(H,13,14). The van der Waals surface area contributed by atoms with Crippen molar-refractivity contribution in [1.29, 1.82) is 0 Å². The molecular formula is C11H20BrNO. The second kappa shape index (κ2) is 4.65. The summed E-state index contributed by atoms with van der Waals surface area (Å²) in [6.07, 6.45) is 4.83. The van der Waals surface area contributed by atoms with Gasteiger partial charge in [-0.2, -0.15) is 0 Å². The third-order valence-electron chi connectivity index (χ3n) is 2.81. The quantitative estimate of drug-likeness (QED) is 0.762. The first-order chi connectivity index (χ1) is 6.39. The van der Waals surface area contributed by atoms with Crippen LogP contribution in [0.1, 0.15) is 46.5 Å². The highest BCUT2D eigenvalue weighted by atomic mass is 79.9. The van der Waals surface area contributed by atoms with Crippen molar-refractivity contribution in [2.45, 2.75) is 56.8 Å². The van der Waals surface area contributed by atoms with Crippen LogP contribution in [0.15, 0.2) is 0 Å². The van der Waals surface area contributed by atoms with Gasteiger partial charge in [-0.05, 0) is 32.6 Å². The van der Waals surface area contributed by atoms with Crippen molar-refractivity contribution in [3.63, 3.8) is 0 Å². The summed E-state index contributed by atoms with van der Waals surface area (Å²) < 4.78 is -0.437. The van der Waals surface area contributed by atoms with Gasteiger partial charge in [0.2, 0.25) is 5.91 Å². The maximum absolute atomic E-state index is 11.7. The van der Waals surface area contributed by atoms with Crippen LogP contribution in [0.3, 0.4) is 0 Å². The van der Waals surface area contributed by atoms with Crippen LogP contribution < -0.4 is 5.32 Å². The van der Waals surface area contributed by atoms with Crippen LogP contribution in [0.4, 0.5) is 0 Å². The number of alkyl halides is 1. The SMILES string of the molecule is CC1CCCC(NC(=O)C(C)(C)Br)C1. The molecule has 1 aliphatic rings. The summed E-state index contributed by atoms with van der Waals surface area (Å²) in [7, 11) is 0. The summed E-state index contributed by atoms with van der Waals surface area (Å²) in [6, 6.07) is 0.392. The summed E-state index contributed by atoms with van der Waals surface area (Å²) in [4.78, 5) is 11.7. The fraction of sp³-hybridized carbons (Fsp3) is 0.909. The van der Waals surface area contributed by atoms with Crippen LogP contribution in [0.2, 0.25) is 0 Å². The molecular weight excluding hydrogens is 242 g/mol. The molecule has 1 saturated carbocycles. The Labute approximate surface area is 95.0 Å². The first-order valence-electron chi connectivity index (χ1n) is 5.39. The van der Waals surface area contributed by atoms with Crippen molar-refractivity contribution >= 4 is 21.8 Å². The van der Waals surface area contributed by atoms with E-state index in [9.17, 15) is 4.79 Å². The Morgan fingerprint density at radius 3 is 2.57 bits per heavy atom. The maximum atomic E-state index is 11.7. The lowest BCUT2D eigenvalue weighted by Crippen LogP contribution is -2.45. The van der Waals surface area contributed by atoms with Crippen LogP contribution in [0.25, 0.3) is 0 Å². The van der Waals surface area contributed by atoms with Gasteiger partial charge in [0, 0.05) is 6.04 Å². The molecule has 82 valence electrons. The van der Waals surface area contributed by atoms with E-state index < -0.39 is 4.32 Å². The molecule has 0 heterocycles. The monoisotopic (exact) mass is 261 g/mol. The third-order valence-corrected chi connectivity index (χ3v) is 3.17. The molecule has 0 bridgehead atoms. The molecule has 0 aromatic carbocycles. The lowest BCUT2D eigenvalue weighted by molar-refractivity contribution is -0.123. The van der Waals surface area contributed by atoms with Crippen LogP contribution in [0, 0.1) is 5.92 Å². The van der Waals surface area contributed by atoms with Gasteiger partial charge in [-0.3, -0.25) is 4.79 Å². The van der Waals surface area contributed by atoms with Gasteiger partial charge in [0.15, 0.2) is 0 Å². The highest BCUT2D eigenvalue weighted by Crippen LogP contribution is 2.24. The van der Waals surface area contributed by atoms with E-state index in [0.717, 1.165) is 18.8 Å². The number of rotatable bonds is 2. The fourth-order valence-corrected chi connectivity index (χ4v) is 2.04. The number of carbonyl (C=O) groups excluding carboxylic acids is 1. The minimum atomic E-state index is -0.437. The average molecular weight is 262 g/mol. The van der Waals surface area contributed by atoms with Crippen LogP contribution in [0.5, 0.6) is 0 Å². The van der Waals surface area contributed by atoms with E-state index in [2.05, 4.69) is 28.2 Å². The van der Waals surface area contributed by atoms with Crippen LogP contribution in [-0.4, -0.2) is 16.3 Å². The van der Waals surface area contributed by atoms with E-state index in [-0.39, 0.29) is 5.91 Å². The van der Waals surface area contributed by atoms with E-state index in [4.69, 9.17) is 0 Å². The Hall–Kier alpha value is -0.0500. The van der Waals surface area contributed by atoms with E-state index in [1.807, 2.05) is 13.8 Å². The summed E-state index contributed by atoms with van der Waals surface area (Å²) in [5, 5.41) is 3.10. The first-order valence-corrected chi connectivity index (χ1v) is 6.19. The largest absolute Gasteiger partial charge is 0.352 e. The second-order valence-corrected chi connectivity index (χ2v) is 6.90. The van der Waals surface area contributed by atoms with E-state index in [1.54, 1.807) is 0 Å². The predicted octanol–water partition coefficient (Wildman–Crippen LogP) is 2.85. The minimum Gasteiger partial charge on any atom is -0.352 e. The summed E-state index contributed by atoms with van der Waals surface area (Å²) in [5.41, 5.74) is 0. The zero-order chi connectivity index (χ0) is 10.8. The van der Waals surface area contributed by atoms with Gasteiger partial charge in [0.05, 0.1) is 4.32 Å². The van der Waals surface area contributed by atoms with Crippen molar-refractivity contribution in [3.05, 3.63) is 0 Å². The van der Waals surface area contributed by atoms with Gasteiger partial charge in [-0.25, -0.2) is 0 Å². The maximum Gasteiger partial charge on any atom is 0.236 e. The summed E-state index contributed by atoms with van der Waals surface area (Å²) in [5.74, 6) is 0.865. The Morgan fingerprint density at radius 1 is 1.43 bits per heavy atom. The van der Waals surface area contributed by atoms with Crippen molar-refractivity contribution in [1.82, 2.24) is 5.32 Å². The molecule has 3 heteroatoms. The molecule has 1 N–H and O–H groups in total. The fourth-order valence-electron chi connectivity index (χ4n) is 1.92. The molecule has 0 aromatic rings. The smallest absolute Gasteiger partial charge is 0.236 e. The molecule has 0 aliphatic heterocycles. The zero-order valence-electron chi connectivity index (χ0n) is 9.27. The van der Waals surface area contributed by atoms with Crippen molar-refractivity contribution in [2.24, 2.45) is 5.92 Å². The Bertz CT molecular complexity index is 210. The van der Waals surface area contributed by atoms with Gasteiger partial charge in [-0.1, -0.05) is 35.7 Å². The summed E-state index contributed by atoms with van der Waals surface area (Å²) >= 11 is 3.37. The van der Waals surface area contributed by atoms with E-state index in [1.165, 1.54) is 12.8 Å². The van der Waals surface area contributed by atoms with Crippen molar-refractivity contribution in [2.75, 3.05) is 0 Å². The number of amides is 1. The number of halogens is 1. The van der Waals surface area contributed by atoms with E-state index in [0.29, 0.717) is 6.04 Å². The molecule has 2 unspecified atom stereocenters. The highest BCUT2D eigenvalue weighted by Gasteiger charge is 2.27. The molecule has 14 heavy (non-hydrogen) atoms.